The lowest BCUT2D eigenvalue weighted by Crippen LogP contribution is -2.50. The lowest BCUT2D eigenvalue weighted by atomic mass is 9.75. The van der Waals surface area contributed by atoms with Crippen LogP contribution in [-0.2, 0) is 9.59 Å². The molecule has 26 heavy (non-hydrogen) atoms. The fourth-order valence-corrected chi connectivity index (χ4v) is 4.65. The van der Waals surface area contributed by atoms with E-state index in [1.807, 2.05) is 7.05 Å². The van der Waals surface area contributed by atoms with E-state index in [0.29, 0.717) is 37.8 Å². The second-order valence-electron chi connectivity index (χ2n) is 8.14. The van der Waals surface area contributed by atoms with Crippen molar-refractivity contribution in [3.05, 3.63) is 0 Å². The minimum absolute atomic E-state index is 0.115. The molecule has 1 spiro atoms. The van der Waals surface area contributed by atoms with Gasteiger partial charge < -0.3 is 15.5 Å². The van der Waals surface area contributed by atoms with Crippen LogP contribution in [0, 0.1) is 11.8 Å². The van der Waals surface area contributed by atoms with E-state index in [1.165, 1.54) is 0 Å². The molecule has 7 nitrogen and oxygen atoms in total. The number of amides is 4. The standard InChI is InChI=1S/C19H32N4O3/c1-3-14-4-8-19(9-5-14)17(25)23(18(26)21-19)13-16(24)22-10-6-15(7-11-22)12-20-2/h14-15,20H,3-13H2,1-2H3,(H,21,26). The number of hydrogen-bond donors (Lipinski definition) is 2. The zero-order chi connectivity index (χ0) is 18.7. The minimum Gasteiger partial charge on any atom is -0.341 e. The highest BCUT2D eigenvalue weighted by molar-refractivity contribution is 6.09. The van der Waals surface area contributed by atoms with Crippen molar-refractivity contribution in [1.29, 1.82) is 0 Å². The van der Waals surface area contributed by atoms with E-state index in [9.17, 15) is 14.4 Å². The van der Waals surface area contributed by atoms with Gasteiger partial charge in [-0.3, -0.25) is 14.5 Å². The first-order valence-corrected chi connectivity index (χ1v) is 10.1. The summed E-state index contributed by atoms with van der Waals surface area (Å²) in [6, 6.07) is -0.400. The average molecular weight is 364 g/mol. The molecule has 146 valence electrons. The minimum atomic E-state index is -0.761. The van der Waals surface area contributed by atoms with Crippen LogP contribution in [0.2, 0.25) is 0 Å². The van der Waals surface area contributed by atoms with Crippen molar-refractivity contribution in [2.45, 2.75) is 57.4 Å². The van der Waals surface area contributed by atoms with E-state index in [4.69, 9.17) is 0 Å². The normalized spacial score (nSPS) is 30.2. The van der Waals surface area contributed by atoms with Crippen LogP contribution in [0.1, 0.15) is 51.9 Å². The Morgan fingerprint density at radius 3 is 2.38 bits per heavy atom. The van der Waals surface area contributed by atoms with E-state index in [2.05, 4.69) is 17.6 Å². The molecule has 1 aliphatic carbocycles. The van der Waals surface area contributed by atoms with Gasteiger partial charge in [0.2, 0.25) is 5.91 Å². The third-order valence-corrected chi connectivity index (χ3v) is 6.54. The largest absolute Gasteiger partial charge is 0.341 e. The molecule has 2 saturated heterocycles. The van der Waals surface area contributed by atoms with Crippen LogP contribution in [0.5, 0.6) is 0 Å². The summed E-state index contributed by atoms with van der Waals surface area (Å²) in [6.07, 6.45) is 6.35. The second-order valence-corrected chi connectivity index (χ2v) is 8.14. The molecule has 4 amide bonds. The highest BCUT2D eigenvalue weighted by atomic mass is 16.2. The summed E-state index contributed by atoms with van der Waals surface area (Å²) in [5.41, 5.74) is -0.761. The summed E-state index contributed by atoms with van der Waals surface area (Å²) in [5, 5.41) is 6.09. The smallest absolute Gasteiger partial charge is 0.325 e. The van der Waals surface area contributed by atoms with Crippen LogP contribution >= 0.6 is 0 Å². The highest BCUT2D eigenvalue weighted by Crippen LogP contribution is 2.37. The van der Waals surface area contributed by atoms with Crippen LogP contribution in [0.25, 0.3) is 0 Å². The molecule has 0 radical (unpaired) electrons. The maximum Gasteiger partial charge on any atom is 0.325 e. The van der Waals surface area contributed by atoms with Crippen molar-refractivity contribution in [3.63, 3.8) is 0 Å². The molecule has 0 unspecified atom stereocenters. The van der Waals surface area contributed by atoms with Gasteiger partial charge in [0.05, 0.1) is 0 Å². The molecule has 0 atom stereocenters. The third-order valence-electron chi connectivity index (χ3n) is 6.54. The van der Waals surface area contributed by atoms with Gasteiger partial charge in [0.1, 0.15) is 12.1 Å². The Bertz CT molecular complexity index is 549. The predicted molar refractivity (Wildman–Crippen MR) is 98.5 cm³/mol. The average Bonchev–Trinajstić information content (AvgIpc) is 2.87. The number of nitrogens with one attached hydrogen (secondary N) is 2. The number of piperidine rings is 1. The zero-order valence-electron chi connectivity index (χ0n) is 16.1. The highest BCUT2D eigenvalue weighted by Gasteiger charge is 2.52. The van der Waals surface area contributed by atoms with Crippen molar-refractivity contribution in [3.8, 4) is 0 Å². The Labute approximate surface area is 155 Å². The van der Waals surface area contributed by atoms with Gasteiger partial charge in [-0.15, -0.1) is 0 Å². The molecule has 3 rings (SSSR count). The van der Waals surface area contributed by atoms with Gasteiger partial charge >= 0.3 is 6.03 Å². The Kier molecular flexibility index (Phi) is 5.85. The van der Waals surface area contributed by atoms with Crippen molar-refractivity contribution < 1.29 is 14.4 Å². The molecule has 7 heteroatoms. The molecule has 2 heterocycles. The summed E-state index contributed by atoms with van der Waals surface area (Å²) in [7, 11) is 1.94. The number of carbonyl (C=O) groups excluding carboxylic acids is 3. The van der Waals surface area contributed by atoms with Crippen molar-refractivity contribution in [2.24, 2.45) is 11.8 Å². The van der Waals surface area contributed by atoms with E-state index in [1.54, 1.807) is 4.90 Å². The fraction of sp³-hybridized carbons (Fsp3) is 0.842. The van der Waals surface area contributed by atoms with Gasteiger partial charge in [0.25, 0.3) is 5.91 Å². The van der Waals surface area contributed by atoms with Crippen LogP contribution in [0.15, 0.2) is 0 Å². The maximum atomic E-state index is 12.9. The summed E-state index contributed by atoms with van der Waals surface area (Å²) >= 11 is 0. The van der Waals surface area contributed by atoms with E-state index in [-0.39, 0.29) is 18.4 Å². The Morgan fingerprint density at radius 2 is 1.81 bits per heavy atom. The number of hydrogen-bond acceptors (Lipinski definition) is 4. The lowest BCUT2D eigenvalue weighted by Gasteiger charge is -2.35. The monoisotopic (exact) mass is 364 g/mol. The molecule has 3 fully saturated rings. The van der Waals surface area contributed by atoms with E-state index < -0.39 is 11.6 Å². The molecule has 0 aromatic rings. The number of imide groups is 1. The lowest BCUT2D eigenvalue weighted by molar-refractivity contribution is -0.140. The van der Waals surface area contributed by atoms with E-state index >= 15 is 0 Å². The number of likely N-dealkylation sites (tertiary alicyclic amines) is 1. The van der Waals surface area contributed by atoms with Crippen LogP contribution in [0.4, 0.5) is 4.79 Å². The fourth-order valence-electron chi connectivity index (χ4n) is 4.65. The third kappa shape index (κ3) is 3.72. The quantitative estimate of drug-likeness (QED) is 0.721. The van der Waals surface area contributed by atoms with Crippen molar-refractivity contribution in [1.82, 2.24) is 20.4 Å². The van der Waals surface area contributed by atoms with Crippen LogP contribution < -0.4 is 10.6 Å². The molecule has 2 aliphatic heterocycles. The van der Waals surface area contributed by atoms with Gasteiger partial charge in [-0.2, -0.15) is 0 Å². The summed E-state index contributed by atoms with van der Waals surface area (Å²) in [5.74, 6) is 0.920. The Balaban J connectivity index is 1.56. The Hall–Kier alpha value is -1.63. The van der Waals surface area contributed by atoms with Crippen LogP contribution in [0.3, 0.4) is 0 Å². The second kappa shape index (κ2) is 7.94. The molecule has 0 aromatic carbocycles. The summed E-state index contributed by atoms with van der Waals surface area (Å²) in [6.45, 7) is 4.43. The molecule has 2 N–H and O–H groups in total. The van der Waals surface area contributed by atoms with Gasteiger partial charge in [0.15, 0.2) is 0 Å². The van der Waals surface area contributed by atoms with Gasteiger partial charge in [0, 0.05) is 13.1 Å². The zero-order valence-corrected chi connectivity index (χ0v) is 16.1. The molecule has 1 saturated carbocycles. The Morgan fingerprint density at radius 1 is 1.15 bits per heavy atom. The number of nitrogens with zero attached hydrogens (tertiary/aromatic N) is 2. The number of urea groups is 1. The number of carbonyl (C=O) groups is 3. The molecule has 3 aliphatic rings. The van der Waals surface area contributed by atoms with E-state index in [0.717, 1.165) is 43.5 Å². The molecular weight excluding hydrogens is 332 g/mol. The van der Waals surface area contributed by atoms with Crippen LogP contribution in [-0.4, -0.2) is 66.4 Å². The first-order chi connectivity index (χ1) is 12.5. The van der Waals surface area contributed by atoms with Gasteiger partial charge in [-0.05, 0) is 64.0 Å². The summed E-state index contributed by atoms with van der Waals surface area (Å²) in [4.78, 5) is 40.8. The predicted octanol–water partition coefficient (Wildman–Crippen LogP) is 1.34. The SMILES string of the molecule is CCC1CCC2(CC1)NC(=O)N(CC(=O)N1CCC(CNC)CC1)C2=O. The van der Waals surface area contributed by atoms with Crippen molar-refractivity contribution in [2.75, 3.05) is 33.2 Å². The van der Waals surface area contributed by atoms with Gasteiger partial charge in [-0.25, -0.2) is 4.79 Å². The molecule has 0 bridgehead atoms. The summed E-state index contributed by atoms with van der Waals surface area (Å²) < 4.78 is 0. The first-order valence-electron chi connectivity index (χ1n) is 10.1. The topological polar surface area (TPSA) is 81.8 Å². The first kappa shape index (κ1) is 19.1. The molecule has 0 aromatic heterocycles. The number of rotatable bonds is 5. The maximum absolute atomic E-state index is 12.9. The molecular formula is C19H32N4O3. The van der Waals surface area contributed by atoms with Gasteiger partial charge in [-0.1, -0.05) is 13.3 Å². The van der Waals surface area contributed by atoms with Crippen molar-refractivity contribution >= 4 is 17.8 Å².